The van der Waals surface area contributed by atoms with Gasteiger partial charge >= 0.3 is 0 Å². The molecular formula is C21H36N6. The Morgan fingerprint density at radius 1 is 1.11 bits per heavy atom. The highest BCUT2D eigenvalue weighted by atomic mass is 15.3. The van der Waals surface area contributed by atoms with Crippen LogP contribution in [0, 0.1) is 0 Å². The number of guanidine groups is 1. The van der Waals surface area contributed by atoms with Crippen molar-refractivity contribution in [2.24, 2.45) is 4.99 Å². The van der Waals surface area contributed by atoms with Gasteiger partial charge in [-0.2, -0.15) is 0 Å². The van der Waals surface area contributed by atoms with Crippen LogP contribution in [0.2, 0.25) is 0 Å². The van der Waals surface area contributed by atoms with E-state index < -0.39 is 0 Å². The van der Waals surface area contributed by atoms with Crippen LogP contribution in [0.15, 0.2) is 35.3 Å². The van der Waals surface area contributed by atoms with E-state index in [1.807, 2.05) is 0 Å². The summed E-state index contributed by atoms with van der Waals surface area (Å²) in [6.45, 7) is 11.8. The maximum atomic E-state index is 4.84. The van der Waals surface area contributed by atoms with E-state index in [9.17, 15) is 0 Å². The van der Waals surface area contributed by atoms with E-state index in [0.29, 0.717) is 6.04 Å². The summed E-state index contributed by atoms with van der Waals surface area (Å²) in [6.07, 6.45) is 2.41. The zero-order valence-electron chi connectivity index (χ0n) is 17.0. The van der Waals surface area contributed by atoms with Crippen molar-refractivity contribution in [3.63, 3.8) is 0 Å². The van der Waals surface area contributed by atoms with Crippen LogP contribution in [0.1, 0.15) is 19.8 Å². The molecule has 0 radical (unpaired) electrons. The monoisotopic (exact) mass is 372 g/mol. The summed E-state index contributed by atoms with van der Waals surface area (Å²) in [5, 5.41) is 7.06. The number of anilines is 1. The number of likely N-dealkylation sites (N-methyl/N-ethyl adjacent to an activating group) is 1. The van der Waals surface area contributed by atoms with Crippen LogP contribution in [0.3, 0.4) is 0 Å². The molecule has 1 unspecified atom stereocenters. The molecule has 2 N–H and O–H groups in total. The van der Waals surface area contributed by atoms with Crippen molar-refractivity contribution in [2.75, 3.05) is 70.9 Å². The standard InChI is InChI=1S/C21H36N6/c1-3-22-21(23-11-15-26-13-7-12-25(2)16-17-26)24-19-10-14-27(18-19)20-8-5-4-6-9-20/h4-6,8-9,19H,3,7,10-18H2,1-2H3,(H2,22,23,24). The Labute approximate surface area is 164 Å². The first-order valence-electron chi connectivity index (χ1n) is 10.5. The number of para-hydroxylation sites is 1. The Kier molecular flexibility index (Phi) is 7.78. The van der Waals surface area contributed by atoms with Crippen molar-refractivity contribution in [1.82, 2.24) is 20.4 Å². The van der Waals surface area contributed by atoms with Gasteiger partial charge < -0.3 is 25.3 Å². The van der Waals surface area contributed by atoms with Gasteiger partial charge in [0.2, 0.25) is 0 Å². The van der Waals surface area contributed by atoms with Gasteiger partial charge in [-0.25, -0.2) is 0 Å². The number of nitrogens with zero attached hydrogens (tertiary/aromatic N) is 4. The second kappa shape index (κ2) is 10.5. The van der Waals surface area contributed by atoms with Crippen molar-refractivity contribution >= 4 is 11.6 Å². The Hall–Kier alpha value is -1.79. The summed E-state index contributed by atoms with van der Waals surface area (Å²) in [6, 6.07) is 11.1. The van der Waals surface area contributed by atoms with Gasteiger partial charge in [0.15, 0.2) is 5.96 Å². The van der Waals surface area contributed by atoms with Crippen molar-refractivity contribution in [3.05, 3.63) is 30.3 Å². The summed E-state index contributed by atoms with van der Waals surface area (Å²) >= 11 is 0. The first-order chi connectivity index (χ1) is 13.2. The Morgan fingerprint density at radius 3 is 2.78 bits per heavy atom. The maximum Gasteiger partial charge on any atom is 0.191 e. The van der Waals surface area contributed by atoms with Gasteiger partial charge in [-0.05, 0) is 52.0 Å². The number of rotatable bonds is 6. The summed E-state index contributed by atoms with van der Waals surface area (Å²) in [7, 11) is 2.22. The predicted molar refractivity (Wildman–Crippen MR) is 115 cm³/mol. The lowest BCUT2D eigenvalue weighted by atomic mass is 10.3. The third-order valence-electron chi connectivity index (χ3n) is 5.49. The Balaban J connectivity index is 1.46. The molecule has 2 aliphatic heterocycles. The number of nitrogens with one attached hydrogen (secondary N) is 2. The van der Waals surface area contributed by atoms with E-state index in [2.05, 4.69) is 69.6 Å². The molecule has 3 rings (SSSR count). The first kappa shape index (κ1) is 20.0. The van der Waals surface area contributed by atoms with Gasteiger partial charge in [0, 0.05) is 51.0 Å². The van der Waals surface area contributed by atoms with E-state index in [1.54, 1.807) is 0 Å². The van der Waals surface area contributed by atoms with Crippen molar-refractivity contribution in [2.45, 2.75) is 25.8 Å². The minimum atomic E-state index is 0.454. The average molecular weight is 373 g/mol. The van der Waals surface area contributed by atoms with Crippen molar-refractivity contribution in [1.29, 1.82) is 0 Å². The minimum absolute atomic E-state index is 0.454. The van der Waals surface area contributed by atoms with Crippen LogP contribution in [0.5, 0.6) is 0 Å². The third kappa shape index (κ3) is 6.40. The highest BCUT2D eigenvalue weighted by Crippen LogP contribution is 2.19. The quantitative estimate of drug-likeness (QED) is 0.585. The SMILES string of the molecule is CCNC(=NCCN1CCCN(C)CC1)NC1CCN(c2ccccc2)C1. The normalized spacial score (nSPS) is 22.7. The van der Waals surface area contributed by atoms with Crippen molar-refractivity contribution < 1.29 is 0 Å². The van der Waals surface area contributed by atoms with E-state index in [0.717, 1.165) is 51.6 Å². The molecule has 0 saturated carbocycles. The smallest absolute Gasteiger partial charge is 0.191 e. The van der Waals surface area contributed by atoms with Gasteiger partial charge in [0.25, 0.3) is 0 Å². The van der Waals surface area contributed by atoms with Gasteiger partial charge in [-0.3, -0.25) is 4.99 Å². The number of hydrogen-bond acceptors (Lipinski definition) is 4. The molecule has 27 heavy (non-hydrogen) atoms. The van der Waals surface area contributed by atoms with E-state index in [1.165, 1.54) is 31.7 Å². The molecule has 0 bridgehead atoms. The van der Waals surface area contributed by atoms with Gasteiger partial charge in [0.05, 0.1) is 6.54 Å². The summed E-state index contributed by atoms with van der Waals surface area (Å²) in [5.41, 5.74) is 1.31. The van der Waals surface area contributed by atoms with E-state index in [-0.39, 0.29) is 0 Å². The molecular weight excluding hydrogens is 336 g/mol. The summed E-state index contributed by atoms with van der Waals surface area (Å²) < 4.78 is 0. The maximum absolute atomic E-state index is 4.84. The van der Waals surface area contributed by atoms with Crippen LogP contribution in [-0.2, 0) is 0 Å². The van der Waals surface area contributed by atoms with Gasteiger partial charge in [-0.15, -0.1) is 0 Å². The van der Waals surface area contributed by atoms with Crippen LogP contribution in [0.25, 0.3) is 0 Å². The number of aliphatic imine (C=N–C) groups is 1. The molecule has 0 aromatic heterocycles. The lowest BCUT2D eigenvalue weighted by Crippen LogP contribution is -2.45. The van der Waals surface area contributed by atoms with Crippen LogP contribution in [0.4, 0.5) is 5.69 Å². The zero-order valence-corrected chi connectivity index (χ0v) is 17.0. The van der Waals surface area contributed by atoms with Crippen LogP contribution >= 0.6 is 0 Å². The van der Waals surface area contributed by atoms with Crippen LogP contribution in [-0.4, -0.2) is 87.8 Å². The fraction of sp³-hybridized carbons (Fsp3) is 0.667. The predicted octanol–water partition coefficient (Wildman–Crippen LogP) is 1.46. The average Bonchev–Trinajstić information content (AvgIpc) is 3.05. The van der Waals surface area contributed by atoms with E-state index in [4.69, 9.17) is 4.99 Å². The molecule has 2 fully saturated rings. The summed E-state index contributed by atoms with van der Waals surface area (Å²) in [5.74, 6) is 0.962. The second-order valence-corrected chi connectivity index (χ2v) is 7.67. The van der Waals surface area contributed by atoms with Crippen LogP contribution < -0.4 is 15.5 Å². The summed E-state index contributed by atoms with van der Waals surface area (Å²) in [4.78, 5) is 12.3. The largest absolute Gasteiger partial charge is 0.369 e. The lowest BCUT2D eigenvalue weighted by Gasteiger charge is -2.21. The topological polar surface area (TPSA) is 46.1 Å². The molecule has 2 saturated heterocycles. The molecule has 6 heteroatoms. The molecule has 150 valence electrons. The minimum Gasteiger partial charge on any atom is -0.369 e. The van der Waals surface area contributed by atoms with Gasteiger partial charge in [-0.1, -0.05) is 18.2 Å². The molecule has 0 aliphatic carbocycles. The van der Waals surface area contributed by atoms with Crippen molar-refractivity contribution in [3.8, 4) is 0 Å². The van der Waals surface area contributed by atoms with E-state index >= 15 is 0 Å². The number of hydrogen-bond donors (Lipinski definition) is 2. The Bertz CT molecular complexity index is 575. The molecule has 1 atom stereocenters. The molecule has 1 aromatic rings. The molecule has 1 aromatic carbocycles. The molecule has 2 aliphatic rings. The molecule has 0 spiro atoms. The highest BCUT2D eigenvalue weighted by molar-refractivity contribution is 5.80. The molecule has 0 amide bonds. The fourth-order valence-electron chi connectivity index (χ4n) is 3.89. The third-order valence-corrected chi connectivity index (χ3v) is 5.49. The zero-order chi connectivity index (χ0) is 18.9. The highest BCUT2D eigenvalue weighted by Gasteiger charge is 2.23. The Morgan fingerprint density at radius 2 is 1.96 bits per heavy atom. The first-order valence-corrected chi connectivity index (χ1v) is 10.5. The molecule has 6 nitrogen and oxygen atoms in total. The lowest BCUT2D eigenvalue weighted by molar-refractivity contribution is 0.283. The molecule has 2 heterocycles. The second-order valence-electron chi connectivity index (χ2n) is 7.67. The van der Waals surface area contributed by atoms with Gasteiger partial charge in [0.1, 0.15) is 0 Å². The fourth-order valence-corrected chi connectivity index (χ4v) is 3.89. The number of benzene rings is 1.